The Morgan fingerprint density at radius 1 is 1.29 bits per heavy atom. The predicted molar refractivity (Wildman–Crippen MR) is 61.0 cm³/mol. The van der Waals surface area contributed by atoms with Crippen molar-refractivity contribution in [3.63, 3.8) is 0 Å². The van der Waals surface area contributed by atoms with E-state index in [2.05, 4.69) is 4.98 Å². The summed E-state index contributed by atoms with van der Waals surface area (Å²) < 4.78 is 0. The van der Waals surface area contributed by atoms with Crippen LogP contribution in [0, 0.1) is 0 Å². The highest BCUT2D eigenvalue weighted by molar-refractivity contribution is 7.14. The van der Waals surface area contributed by atoms with Gasteiger partial charge in [0, 0.05) is 18.1 Å². The third kappa shape index (κ3) is 1.70. The lowest BCUT2D eigenvalue weighted by Crippen LogP contribution is -2.08. The van der Waals surface area contributed by atoms with E-state index in [0.717, 1.165) is 10.8 Å². The topological polar surface area (TPSA) is 42.2 Å². The number of thiazole rings is 1. The lowest BCUT2D eigenvalue weighted by atomic mass is 10.3. The summed E-state index contributed by atoms with van der Waals surface area (Å²) >= 11 is 1.54. The summed E-state index contributed by atoms with van der Waals surface area (Å²) in [5.41, 5.74) is 6.68. The molecule has 4 heteroatoms. The Kier molecular flexibility index (Phi) is 2.37. The van der Waals surface area contributed by atoms with Crippen molar-refractivity contribution >= 4 is 28.0 Å². The van der Waals surface area contributed by atoms with Crippen molar-refractivity contribution in [2.45, 2.75) is 0 Å². The molecule has 1 aromatic carbocycles. The maximum atomic E-state index is 5.57. The number of nitrogens with zero attached hydrogens (tertiary/aromatic N) is 2. The van der Waals surface area contributed by atoms with Crippen molar-refractivity contribution < 1.29 is 0 Å². The second-order valence-corrected chi connectivity index (χ2v) is 3.79. The molecule has 2 rings (SSSR count). The molecule has 2 N–H and O–H groups in total. The highest BCUT2D eigenvalue weighted by Gasteiger charge is 2.06. The molecule has 0 spiro atoms. The van der Waals surface area contributed by atoms with Gasteiger partial charge in [0.1, 0.15) is 5.82 Å². The molecule has 3 nitrogen and oxygen atoms in total. The summed E-state index contributed by atoms with van der Waals surface area (Å²) in [6.07, 6.45) is 0. The largest absolute Gasteiger partial charge is 0.383 e. The van der Waals surface area contributed by atoms with Crippen molar-refractivity contribution in [1.29, 1.82) is 0 Å². The summed E-state index contributed by atoms with van der Waals surface area (Å²) in [6, 6.07) is 10.1. The van der Waals surface area contributed by atoms with E-state index in [0.29, 0.717) is 5.82 Å². The summed E-state index contributed by atoms with van der Waals surface area (Å²) in [4.78, 5) is 6.22. The molecule has 0 aliphatic rings. The molecule has 0 saturated carbocycles. The molecule has 1 heterocycles. The second kappa shape index (κ2) is 3.67. The lowest BCUT2D eigenvalue weighted by Gasteiger charge is -2.14. The Bertz CT molecular complexity index is 410. The minimum atomic E-state index is 0.577. The van der Waals surface area contributed by atoms with Gasteiger partial charge in [-0.1, -0.05) is 18.2 Å². The smallest absolute Gasteiger partial charge is 0.191 e. The fraction of sp³-hybridized carbons (Fsp3) is 0.100. The standard InChI is InChI=1S/C10H11N3S/c1-13(8-5-3-2-4-6-8)10-12-9(11)7-14-10/h2-7H,11H2,1H3. The van der Waals surface area contributed by atoms with Gasteiger partial charge in [0.05, 0.1) is 0 Å². The number of aromatic nitrogens is 1. The molecule has 0 amide bonds. The van der Waals surface area contributed by atoms with Crippen LogP contribution in [0.4, 0.5) is 16.6 Å². The van der Waals surface area contributed by atoms with E-state index in [1.165, 1.54) is 0 Å². The molecule has 0 saturated heterocycles. The molecule has 0 bridgehead atoms. The number of benzene rings is 1. The van der Waals surface area contributed by atoms with Crippen LogP contribution in [0.3, 0.4) is 0 Å². The van der Waals surface area contributed by atoms with Gasteiger partial charge in [-0.25, -0.2) is 4.98 Å². The fourth-order valence-corrected chi connectivity index (χ4v) is 1.89. The van der Waals surface area contributed by atoms with Gasteiger partial charge in [-0.05, 0) is 12.1 Å². The molecule has 0 aliphatic heterocycles. The van der Waals surface area contributed by atoms with E-state index in [1.807, 2.05) is 47.7 Å². The zero-order valence-electron chi connectivity index (χ0n) is 7.84. The van der Waals surface area contributed by atoms with E-state index in [1.54, 1.807) is 11.3 Å². The Morgan fingerprint density at radius 3 is 2.57 bits per heavy atom. The first-order valence-corrected chi connectivity index (χ1v) is 5.15. The lowest BCUT2D eigenvalue weighted by molar-refractivity contribution is 1.17. The van der Waals surface area contributed by atoms with Gasteiger partial charge in [-0.2, -0.15) is 0 Å². The van der Waals surface area contributed by atoms with Crippen LogP contribution in [0.1, 0.15) is 0 Å². The zero-order valence-corrected chi connectivity index (χ0v) is 8.66. The van der Waals surface area contributed by atoms with Crippen LogP contribution < -0.4 is 10.6 Å². The summed E-state index contributed by atoms with van der Waals surface area (Å²) in [7, 11) is 1.98. The monoisotopic (exact) mass is 205 g/mol. The Labute approximate surface area is 86.8 Å². The Morgan fingerprint density at radius 2 is 2.00 bits per heavy atom. The van der Waals surface area contributed by atoms with E-state index >= 15 is 0 Å². The minimum absolute atomic E-state index is 0.577. The van der Waals surface area contributed by atoms with Crippen molar-refractivity contribution in [2.24, 2.45) is 0 Å². The quantitative estimate of drug-likeness (QED) is 0.819. The van der Waals surface area contributed by atoms with Crippen LogP contribution in [0.15, 0.2) is 35.7 Å². The molecule has 0 aliphatic carbocycles. The van der Waals surface area contributed by atoms with Crippen molar-refractivity contribution in [1.82, 2.24) is 4.98 Å². The van der Waals surface area contributed by atoms with Crippen LogP contribution in [0.2, 0.25) is 0 Å². The van der Waals surface area contributed by atoms with Gasteiger partial charge in [-0.15, -0.1) is 11.3 Å². The molecule has 0 fully saturated rings. The van der Waals surface area contributed by atoms with Gasteiger partial charge in [0.2, 0.25) is 0 Å². The number of nitrogen functional groups attached to an aromatic ring is 1. The van der Waals surface area contributed by atoms with E-state index in [-0.39, 0.29) is 0 Å². The SMILES string of the molecule is CN(c1ccccc1)c1nc(N)cs1. The van der Waals surface area contributed by atoms with Gasteiger partial charge in [0.25, 0.3) is 0 Å². The van der Waals surface area contributed by atoms with Crippen molar-refractivity contribution in [3.05, 3.63) is 35.7 Å². The average molecular weight is 205 g/mol. The predicted octanol–water partition coefficient (Wildman–Crippen LogP) is 2.49. The Hall–Kier alpha value is -1.55. The van der Waals surface area contributed by atoms with Gasteiger partial charge in [0.15, 0.2) is 5.13 Å². The van der Waals surface area contributed by atoms with Crippen LogP contribution >= 0.6 is 11.3 Å². The number of nitrogens with two attached hydrogens (primary N) is 1. The van der Waals surface area contributed by atoms with Crippen molar-refractivity contribution in [2.75, 3.05) is 17.7 Å². The summed E-state index contributed by atoms with van der Waals surface area (Å²) in [5, 5.41) is 2.75. The van der Waals surface area contributed by atoms with Crippen molar-refractivity contribution in [3.8, 4) is 0 Å². The highest BCUT2D eigenvalue weighted by Crippen LogP contribution is 2.26. The summed E-state index contributed by atoms with van der Waals surface area (Å²) in [6.45, 7) is 0. The molecular formula is C10H11N3S. The van der Waals surface area contributed by atoms with Gasteiger partial charge >= 0.3 is 0 Å². The average Bonchev–Trinajstić information content (AvgIpc) is 2.65. The van der Waals surface area contributed by atoms with E-state index < -0.39 is 0 Å². The van der Waals surface area contributed by atoms with Crippen LogP contribution in [0.25, 0.3) is 0 Å². The molecule has 14 heavy (non-hydrogen) atoms. The third-order valence-corrected chi connectivity index (χ3v) is 2.88. The van der Waals surface area contributed by atoms with Crippen LogP contribution in [0.5, 0.6) is 0 Å². The van der Waals surface area contributed by atoms with Gasteiger partial charge in [-0.3, -0.25) is 0 Å². The van der Waals surface area contributed by atoms with E-state index in [9.17, 15) is 0 Å². The number of hydrogen-bond acceptors (Lipinski definition) is 4. The number of para-hydroxylation sites is 1. The molecule has 0 unspecified atom stereocenters. The minimum Gasteiger partial charge on any atom is -0.383 e. The second-order valence-electron chi connectivity index (χ2n) is 2.95. The first kappa shape index (κ1) is 9.02. The molecule has 0 atom stereocenters. The van der Waals surface area contributed by atoms with E-state index in [4.69, 9.17) is 5.73 Å². The number of rotatable bonds is 2. The highest BCUT2D eigenvalue weighted by atomic mass is 32.1. The molecule has 1 aromatic heterocycles. The fourth-order valence-electron chi connectivity index (χ4n) is 1.19. The number of anilines is 3. The first-order chi connectivity index (χ1) is 6.77. The third-order valence-electron chi connectivity index (χ3n) is 1.94. The molecule has 72 valence electrons. The maximum Gasteiger partial charge on any atom is 0.191 e. The van der Waals surface area contributed by atoms with Gasteiger partial charge < -0.3 is 10.6 Å². The summed E-state index contributed by atoms with van der Waals surface area (Å²) in [5.74, 6) is 0.577. The molecular weight excluding hydrogens is 194 g/mol. The zero-order chi connectivity index (χ0) is 9.97. The van der Waals surface area contributed by atoms with Crippen LogP contribution in [-0.4, -0.2) is 12.0 Å². The first-order valence-electron chi connectivity index (χ1n) is 4.27. The normalized spacial score (nSPS) is 10.1. The maximum absolute atomic E-state index is 5.57. The molecule has 0 radical (unpaired) electrons. The van der Waals surface area contributed by atoms with Crippen LogP contribution in [-0.2, 0) is 0 Å². The number of hydrogen-bond donors (Lipinski definition) is 1. The Balaban J connectivity index is 2.29. The molecule has 2 aromatic rings.